The zero-order chi connectivity index (χ0) is 50.5. The highest BCUT2D eigenvalue weighted by atomic mass is 16.3. The van der Waals surface area contributed by atoms with Gasteiger partial charge in [-0.05, 0) is 58.6 Å². The predicted octanol–water partition coefficient (Wildman–Crippen LogP) is 13.4. The first-order valence-electron chi connectivity index (χ1n) is 25.3. The normalized spacial score (nSPS) is 15.5. The number of furan rings is 2. The topological polar surface area (TPSA) is 69.9 Å². The average Bonchev–Trinajstić information content (AvgIpc) is 4.06. The number of nitrogens with zero attached hydrogens (tertiary/aromatic N) is 4. The molecule has 0 aliphatic heterocycles. The maximum Gasteiger partial charge on any atom is 0.238 e. The number of fused-ring (bicyclic) bond motifs is 9. The van der Waals surface area contributed by atoms with Crippen molar-refractivity contribution in [2.45, 2.75) is 0 Å². The van der Waals surface area contributed by atoms with Gasteiger partial charge in [-0.3, -0.25) is 4.57 Å². The third-order valence-electron chi connectivity index (χ3n) is 9.95. The maximum atomic E-state index is 9.72. The van der Waals surface area contributed by atoms with E-state index in [0.29, 0.717) is 27.8 Å². The first-order valence-corrected chi connectivity index (χ1v) is 17.8. The van der Waals surface area contributed by atoms with Gasteiger partial charge in [0.2, 0.25) is 5.95 Å². The molecule has 0 atom stereocenters. The molecule has 8 aromatic carbocycles. The fourth-order valence-corrected chi connectivity index (χ4v) is 7.39. The number of hydrogen-bond donors (Lipinski definition) is 0. The van der Waals surface area contributed by atoms with E-state index < -0.39 is 124 Å². The molecule has 4 heterocycles. The number of para-hydroxylation sites is 2. The van der Waals surface area contributed by atoms with Crippen molar-refractivity contribution >= 4 is 65.7 Å². The zero-order valence-corrected chi connectivity index (χ0v) is 29.3. The van der Waals surface area contributed by atoms with Gasteiger partial charge in [0.1, 0.15) is 22.3 Å². The van der Waals surface area contributed by atoms with Crippen LogP contribution in [0, 0.1) is 0 Å². The molecule has 4 aromatic heterocycles. The first kappa shape index (κ1) is 20.2. The van der Waals surface area contributed by atoms with E-state index in [2.05, 4.69) is 4.98 Å². The van der Waals surface area contributed by atoms with Crippen LogP contribution in [0.4, 0.5) is 0 Å². The fraction of sp³-hybridized carbons (Fsp3) is 0. The van der Waals surface area contributed by atoms with Crippen LogP contribution in [0.25, 0.3) is 117 Å². The van der Waals surface area contributed by atoms with E-state index in [1.165, 1.54) is 0 Å². The lowest BCUT2D eigenvalue weighted by Gasteiger charge is -2.11. The molecule has 6 heteroatoms. The summed E-state index contributed by atoms with van der Waals surface area (Å²) in [6, 6.07) is 17.7. The van der Waals surface area contributed by atoms with Crippen LogP contribution in [-0.4, -0.2) is 19.5 Å². The van der Waals surface area contributed by atoms with Crippen LogP contribution in [0.1, 0.15) is 20.6 Å². The first-order chi connectivity index (χ1) is 34.5. The van der Waals surface area contributed by atoms with Crippen LogP contribution in [0.15, 0.2) is 190 Å². The Labute approximate surface area is 347 Å². The molecule has 57 heavy (non-hydrogen) atoms. The Morgan fingerprint density at radius 1 is 0.421 bits per heavy atom. The summed E-state index contributed by atoms with van der Waals surface area (Å²) < 4.78 is 149. The number of aromatic nitrogens is 4. The standard InChI is InChI=1S/C51H30N4O2/c1-3-12-31(13-4-1)32-22-24-34(25-23-32)49-52-50(35-26-27-39-46(28-35)57-45-21-11-18-36(48(39)45)33-14-5-2-6-15-33)54-51(53-49)55-42-19-9-7-16-37(42)40-29-41-38-17-8-10-20-44(38)56-47(41)30-43(40)55/h1-30H/i2D,5D,6D,11D,14D,15D,18D,21D,22D,23D,24D,25D,26D,27D,28D. The molecule has 0 saturated heterocycles. The molecule has 12 rings (SSSR count). The molecular formula is C51H30N4O2. The second-order valence-electron chi connectivity index (χ2n) is 13.2. The monoisotopic (exact) mass is 745 g/mol. The molecule has 6 nitrogen and oxygen atoms in total. The van der Waals surface area contributed by atoms with Gasteiger partial charge in [-0.15, -0.1) is 0 Å². The summed E-state index contributed by atoms with van der Waals surface area (Å²) in [5.41, 5.74) is 0.151. The summed E-state index contributed by atoms with van der Waals surface area (Å²) in [5.74, 6) is -0.961. The van der Waals surface area contributed by atoms with Gasteiger partial charge in [0.15, 0.2) is 11.6 Å². The van der Waals surface area contributed by atoms with E-state index in [-0.39, 0.29) is 33.7 Å². The molecule has 0 aliphatic carbocycles. The van der Waals surface area contributed by atoms with E-state index in [0.717, 1.165) is 21.5 Å². The minimum Gasteiger partial charge on any atom is -0.456 e. The maximum absolute atomic E-state index is 9.72. The van der Waals surface area contributed by atoms with Crippen molar-refractivity contribution in [3.8, 4) is 51.0 Å². The molecule has 0 spiro atoms. The molecular weight excluding hydrogens is 701 g/mol. The Balaban J connectivity index is 1.19. The second kappa shape index (κ2) is 12.3. The van der Waals surface area contributed by atoms with Crippen LogP contribution in [0.2, 0.25) is 0 Å². The molecule has 0 bridgehead atoms. The Morgan fingerprint density at radius 2 is 1.14 bits per heavy atom. The highest BCUT2D eigenvalue weighted by Crippen LogP contribution is 2.40. The predicted molar refractivity (Wildman–Crippen MR) is 230 cm³/mol. The van der Waals surface area contributed by atoms with Gasteiger partial charge in [0.05, 0.1) is 31.6 Å². The van der Waals surface area contributed by atoms with E-state index in [1.54, 1.807) is 41.0 Å². The van der Waals surface area contributed by atoms with Crippen LogP contribution < -0.4 is 0 Å². The quantitative estimate of drug-likeness (QED) is 0.175. The molecule has 0 aliphatic rings. The number of hydrogen-bond acceptors (Lipinski definition) is 5. The van der Waals surface area contributed by atoms with E-state index in [9.17, 15) is 6.85 Å². The lowest BCUT2D eigenvalue weighted by molar-refractivity contribution is 0.668. The van der Waals surface area contributed by atoms with Crippen LogP contribution in [0.3, 0.4) is 0 Å². The summed E-state index contributed by atoms with van der Waals surface area (Å²) in [5, 5.41) is 2.62. The van der Waals surface area contributed by atoms with Gasteiger partial charge < -0.3 is 8.83 Å². The van der Waals surface area contributed by atoms with Gasteiger partial charge in [-0.1, -0.05) is 139 Å². The molecule has 0 amide bonds. The van der Waals surface area contributed by atoms with Gasteiger partial charge in [-0.2, -0.15) is 9.97 Å². The third kappa shape index (κ3) is 5.01. The summed E-state index contributed by atoms with van der Waals surface area (Å²) in [7, 11) is 0. The average molecular weight is 746 g/mol. The Morgan fingerprint density at radius 3 is 2.00 bits per heavy atom. The minimum absolute atomic E-state index is 0.0283. The van der Waals surface area contributed by atoms with Crippen molar-refractivity contribution in [2.75, 3.05) is 0 Å². The highest BCUT2D eigenvalue weighted by Gasteiger charge is 2.21. The molecule has 266 valence electrons. The SMILES string of the molecule is [2H]c1c([2H])c([2H])c(-c2c([2H])c([2H])c([2H])c3oc4c([2H])c(-c5nc(-c6c([2H])c([2H])c(-c7ccccc7)c([2H])c6[2H])nc(-n6c7ccccc7c7cc8c(cc76)oc6ccccc68)n5)c([2H])c([2H])c4c23)c([2H])c1[2H]. The summed E-state index contributed by atoms with van der Waals surface area (Å²) in [4.78, 5) is 14.4. The van der Waals surface area contributed by atoms with Gasteiger partial charge >= 0.3 is 0 Å². The summed E-state index contributed by atoms with van der Waals surface area (Å²) >= 11 is 0. The molecule has 0 fully saturated rings. The van der Waals surface area contributed by atoms with Crippen LogP contribution in [0.5, 0.6) is 0 Å². The lowest BCUT2D eigenvalue weighted by atomic mass is 9.99. The third-order valence-corrected chi connectivity index (χ3v) is 9.95. The van der Waals surface area contributed by atoms with Crippen molar-refractivity contribution in [3.05, 3.63) is 182 Å². The van der Waals surface area contributed by atoms with Crippen molar-refractivity contribution in [3.63, 3.8) is 0 Å². The molecule has 0 saturated carbocycles. The van der Waals surface area contributed by atoms with Crippen molar-refractivity contribution in [1.29, 1.82) is 0 Å². The number of benzene rings is 8. The lowest BCUT2D eigenvalue weighted by Crippen LogP contribution is -2.06. The van der Waals surface area contributed by atoms with Crippen molar-refractivity contribution < 1.29 is 29.4 Å². The van der Waals surface area contributed by atoms with Gasteiger partial charge in [0.25, 0.3) is 0 Å². The molecule has 0 unspecified atom stereocenters. The fourth-order valence-electron chi connectivity index (χ4n) is 7.39. The molecule has 0 radical (unpaired) electrons. The number of rotatable bonds is 5. The van der Waals surface area contributed by atoms with Crippen molar-refractivity contribution in [2.24, 2.45) is 0 Å². The van der Waals surface area contributed by atoms with Gasteiger partial charge in [-0.25, -0.2) is 4.98 Å². The van der Waals surface area contributed by atoms with E-state index >= 15 is 0 Å². The Kier molecular flexibility index (Phi) is 4.37. The smallest absolute Gasteiger partial charge is 0.238 e. The van der Waals surface area contributed by atoms with E-state index in [4.69, 9.17) is 32.5 Å². The summed E-state index contributed by atoms with van der Waals surface area (Å²) in [6.45, 7) is 0. The van der Waals surface area contributed by atoms with Crippen molar-refractivity contribution in [1.82, 2.24) is 19.5 Å². The second-order valence-corrected chi connectivity index (χ2v) is 13.2. The highest BCUT2D eigenvalue weighted by molar-refractivity contribution is 6.17. The molecule has 12 aromatic rings. The Hall–Kier alpha value is -7.83. The zero-order valence-electron chi connectivity index (χ0n) is 44.3. The molecule has 0 N–H and O–H groups in total. The van der Waals surface area contributed by atoms with Crippen LogP contribution >= 0.6 is 0 Å². The largest absolute Gasteiger partial charge is 0.456 e. The summed E-state index contributed by atoms with van der Waals surface area (Å²) in [6.07, 6.45) is 0. The Bertz CT molecular complexity index is 4360. The van der Waals surface area contributed by atoms with E-state index in [1.807, 2.05) is 54.6 Å². The minimum atomic E-state index is -0.744. The van der Waals surface area contributed by atoms with Crippen LogP contribution in [-0.2, 0) is 0 Å². The van der Waals surface area contributed by atoms with Gasteiger partial charge in [0, 0.05) is 49.5 Å².